The molecule has 1 aliphatic rings. The van der Waals surface area contributed by atoms with Crippen molar-refractivity contribution in [2.75, 3.05) is 6.61 Å². The third-order valence-corrected chi connectivity index (χ3v) is 4.72. The Morgan fingerprint density at radius 2 is 2.05 bits per heavy atom. The van der Waals surface area contributed by atoms with Gasteiger partial charge in [0, 0.05) is 20.6 Å². The Bertz CT molecular complexity index is 682. The number of hydrogen-bond donors (Lipinski definition) is 1. The molecular weight excluding hydrogens is 352 g/mol. The molecule has 0 amide bonds. The van der Waals surface area contributed by atoms with Crippen LogP contribution >= 0.6 is 27.5 Å². The van der Waals surface area contributed by atoms with E-state index in [1.54, 1.807) is 13.0 Å². The van der Waals surface area contributed by atoms with Crippen molar-refractivity contribution in [3.8, 4) is 5.75 Å². The number of ether oxygens (including phenoxy) is 1. The van der Waals surface area contributed by atoms with E-state index >= 15 is 0 Å². The molecule has 4 heteroatoms. The molecule has 0 aliphatic carbocycles. The molecule has 110 valence electrons. The van der Waals surface area contributed by atoms with Gasteiger partial charge in [0.15, 0.2) is 0 Å². The van der Waals surface area contributed by atoms with Crippen LogP contribution < -0.4 is 4.74 Å². The minimum atomic E-state index is -1.19. The molecule has 0 bridgehead atoms. The highest BCUT2D eigenvalue weighted by Crippen LogP contribution is 2.41. The van der Waals surface area contributed by atoms with Gasteiger partial charge in [-0.3, -0.25) is 0 Å². The van der Waals surface area contributed by atoms with E-state index in [1.807, 2.05) is 24.3 Å². The summed E-state index contributed by atoms with van der Waals surface area (Å²) in [6.07, 6.45) is 1.99. The Morgan fingerprint density at radius 1 is 1.24 bits per heavy atom. The Morgan fingerprint density at radius 3 is 2.81 bits per heavy atom. The Kier molecular flexibility index (Phi) is 4.00. The third kappa shape index (κ3) is 2.70. The summed E-state index contributed by atoms with van der Waals surface area (Å²) in [5, 5.41) is 11.6. The largest absolute Gasteiger partial charge is 0.493 e. The van der Waals surface area contributed by atoms with E-state index in [-0.39, 0.29) is 0 Å². The van der Waals surface area contributed by atoms with Crippen molar-refractivity contribution in [3.63, 3.8) is 0 Å². The van der Waals surface area contributed by atoms with E-state index in [2.05, 4.69) is 22.0 Å². The fraction of sp³-hybridized carbons (Fsp3) is 0.294. The second kappa shape index (κ2) is 5.64. The number of benzene rings is 2. The first-order valence-corrected chi connectivity index (χ1v) is 8.10. The molecule has 0 fully saturated rings. The second-order valence-corrected chi connectivity index (χ2v) is 6.77. The number of rotatable bonds is 2. The molecule has 1 heterocycles. The van der Waals surface area contributed by atoms with Crippen molar-refractivity contribution < 1.29 is 9.84 Å². The summed E-state index contributed by atoms with van der Waals surface area (Å²) in [5.41, 5.74) is 1.40. The monoisotopic (exact) mass is 366 g/mol. The molecule has 0 saturated heterocycles. The molecule has 0 spiro atoms. The molecule has 2 aromatic rings. The lowest BCUT2D eigenvalue weighted by Gasteiger charge is -2.30. The molecule has 0 saturated carbocycles. The number of aryl methyl sites for hydroxylation is 1. The zero-order valence-electron chi connectivity index (χ0n) is 11.7. The van der Waals surface area contributed by atoms with Gasteiger partial charge in [-0.05, 0) is 37.5 Å². The highest BCUT2D eigenvalue weighted by molar-refractivity contribution is 9.10. The maximum Gasteiger partial charge on any atom is 0.128 e. The van der Waals surface area contributed by atoms with Crippen LogP contribution in [0.3, 0.4) is 0 Å². The molecule has 3 rings (SSSR count). The minimum Gasteiger partial charge on any atom is -0.493 e. The lowest BCUT2D eigenvalue weighted by atomic mass is 9.85. The van der Waals surface area contributed by atoms with Gasteiger partial charge in [-0.25, -0.2) is 0 Å². The van der Waals surface area contributed by atoms with Crippen molar-refractivity contribution >= 4 is 27.5 Å². The first kappa shape index (κ1) is 14.9. The fourth-order valence-electron chi connectivity index (χ4n) is 2.80. The average Bonchev–Trinajstić information content (AvgIpc) is 2.46. The zero-order chi connectivity index (χ0) is 15.0. The average molecular weight is 368 g/mol. The molecule has 2 nitrogen and oxygen atoms in total. The van der Waals surface area contributed by atoms with Crippen LogP contribution in [0.1, 0.15) is 30.0 Å². The van der Waals surface area contributed by atoms with Crippen LogP contribution in [0, 0.1) is 0 Å². The second-order valence-electron chi connectivity index (χ2n) is 5.44. The van der Waals surface area contributed by atoms with Crippen molar-refractivity contribution in [3.05, 3.63) is 62.6 Å². The van der Waals surface area contributed by atoms with Crippen molar-refractivity contribution in [2.24, 2.45) is 0 Å². The fourth-order valence-corrected chi connectivity index (χ4v) is 3.66. The van der Waals surface area contributed by atoms with Crippen LogP contribution in [0.5, 0.6) is 5.75 Å². The molecule has 0 radical (unpaired) electrons. The minimum absolute atomic E-state index is 0.530. The quantitative estimate of drug-likeness (QED) is 0.835. The van der Waals surface area contributed by atoms with E-state index < -0.39 is 5.60 Å². The van der Waals surface area contributed by atoms with E-state index in [0.717, 1.165) is 34.2 Å². The molecule has 1 unspecified atom stereocenters. The summed E-state index contributed by atoms with van der Waals surface area (Å²) in [6, 6.07) is 11.4. The predicted octanol–water partition coefficient (Wildman–Crippen LogP) is 4.68. The van der Waals surface area contributed by atoms with Gasteiger partial charge in [0.2, 0.25) is 0 Å². The summed E-state index contributed by atoms with van der Waals surface area (Å²) >= 11 is 9.70. The summed E-state index contributed by atoms with van der Waals surface area (Å²) in [4.78, 5) is 0. The van der Waals surface area contributed by atoms with Crippen LogP contribution in [-0.2, 0) is 12.0 Å². The lowest BCUT2D eigenvalue weighted by Crippen LogP contribution is -2.26. The van der Waals surface area contributed by atoms with Gasteiger partial charge in [0.1, 0.15) is 11.4 Å². The summed E-state index contributed by atoms with van der Waals surface area (Å²) < 4.78 is 6.70. The van der Waals surface area contributed by atoms with Gasteiger partial charge < -0.3 is 9.84 Å². The Hall–Kier alpha value is -1.03. The highest BCUT2D eigenvalue weighted by atomic mass is 79.9. The third-order valence-electron chi connectivity index (χ3n) is 3.91. The number of hydrogen-bond acceptors (Lipinski definition) is 2. The van der Waals surface area contributed by atoms with Crippen LogP contribution in [0.15, 0.2) is 40.9 Å². The molecule has 1 N–H and O–H groups in total. The van der Waals surface area contributed by atoms with Crippen molar-refractivity contribution in [1.82, 2.24) is 0 Å². The van der Waals surface area contributed by atoms with Crippen molar-refractivity contribution in [1.29, 1.82) is 0 Å². The number of aliphatic hydroxyl groups is 1. The van der Waals surface area contributed by atoms with Gasteiger partial charge in [0.05, 0.1) is 6.61 Å². The zero-order valence-corrected chi connectivity index (χ0v) is 14.0. The summed E-state index contributed by atoms with van der Waals surface area (Å²) in [7, 11) is 0. The maximum absolute atomic E-state index is 11.1. The maximum atomic E-state index is 11.1. The van der Waals surface area contributed by atoms with E-state index in [0.29, 0.717) is 17.2 Å². The van der Waals surface area contributed by atoms with Gasteiger partial charge in [-0.2, -0.15) is 0 Å². The molecule has 21 heavy (non-hydrogen) atoms. The van der Waals surface area contributed by atoms with E-state index in [9.17, 15) is 5.11 Å². The number of halogens is 2. The highest BCUT2D eigenvalue weighted by Gasteiger charge is 2.32. The standard InChI is InChI=1S/C17H16BrClO2/c1-17(20,13-8-7-12(18)10-15(13)19)14-6-2-4-11-5-3-9-21-16(11)14/h2,4,6-8,10,20H,3,5,9H2,1H3. The predicted molar refractivity (Wildman–Crippen MR) is 88.1 cm³/mol. The first-order valence-electron chi connectivity index (χ1n) is 6.93. The molecule has 0 aromatic heterocycles. The number of para-hydroxylation sites is 1. The van der Waals surface area contributed by atoms with E-state index in [4.69, 9.17) is 16.3 Å². The van der Waals surface area contributed by atoms with Crippen LogP contribution in [0.4, 0.5) is 0 Å². The molecule has 2 aromatic carbocycles. The topological polar surface area (TPSA) is 29.5 Å². The normalized spacial score (nSPS) is 16.8. The molecule has 1 atom stereocenters. The SMILES string of the molecule is CC(O)(c1ccc(Br)cc1Cl)c1cccc2c1OCCC2. The smallest absolute Gasteiger partial charge is 0.128 e. The van der Waals surface area contributed by atoms with Gasteiger partial charge in [-0.1, -0.05) is 51.8 Å². The van der Waals surface area contributed by atoms with E-state index in [1.165, 1.54) is 0 Å². The lowest BCUT2D eigenvalue weighted by molar-refractivity contribution is 0.0969. The summed E-state index contributed by atoms with van der Waals surface area (Å²) in [6.45, 7) is 2.45. The number of fused-ring (bicyclic) bond motifs is 1. The Labute approximate surface area is 137 Å². The van der Waals surface area contributed by atoms with Crippen LogP contribution in [0.2, 0.25) is 5.02 Å². The van der Waals surface area contributed by atoms with Gasteiger partial charge >= 0.3 is 0 Å². The van der Waals surface area contributed by atoms with Gasteiger partial charge in [-0.15, -0.1) is 0 Å². The van der Waals surface area contributed by atoms with Crippen LogP contribution in [-0.4, -0.2) is 11.7 Å². The summed E-state index contributed by atoms with van der Waals surface area (Å²) in [5.74, 6) is 0.799. The van der Waals surface area contributed by atoms with Crippen molar-refractivity contribution in [2.45, 2.75) is 25.4 Å². The first-order chi connectivity index (χ1) is 10.00. The molecular formula is C17H16BrClO2. The molecule has 1 aliphatic heterocycles. The van der Waals surface area contributed by atoms with Gasteiger partial charge in [0.25, 0.3) is 0 Å². The van der Waals surface area contributed by atoms with Crippen LogP contribution in [0.25, 0.3) is 0 Å². The Balaban J connectivity index is 2.14.